The van der Waals surface area contributed by atoms with Gasteiger partial charge in [0.25, 0.3) is 0 Å². The Hall–Kier alpha value is -0.780. The first kappa shape index (κ1) is 13.6. The van der Waals surface area contributed by atoms with Gasteiger partial charge in [-0.25, -0.2) is 0 Å². The molecule has 0 spiro atoms. The zero-order chi connectivity index (χ0) is 13.0. The molecule has 94 valence electrons. The van der Waals surface area contributed by atoms with Crippen LogP contribution in [0.25, 0.3) is 0 Å². The summed E-state index contributed by atoms with van der Waals surface area (Å²) in [6.07, 6.45) is 3.61. The second-order valence-corrected chi connectivity index (χ2v) is 5.71. The molecule has 5 heteroatoms. The average Bonchev–Trinajstić information content (AvgIpc) is 2.38. The van der Waals surface area contributed by atoms with E-state index in [1.54, 1.807) is 12.4 Å². The molecule has 0 bridgehead atoms. The molecule has 1 N–H and O–H groups in total. The Bertz CT molecular complexity index is 517. The van der Waals surface area contributed by atoms with E-state index in [0.29, 0.717) is 6.54 Å². The molecule has 0 saturated heterocycles. The van der Waals surface area contributed by atoms with E-state index in [2.05, 4.69) is 54.1 Å². The maximum absolute atomic E-state index is 4.37. The first-order valence-electron chi connectivity index (χ1n) is 5.61. The third kappa shape index (κ3) is 3.60. The van der Waals surface area contributed by atoms with Crippen molar-refractivity contribution in [1.29, 1.82) is 0 Å². The van der Waals surface area contributed by atoms with E-state index in [1.807, 2.05) is 24.3 Å². The van der Waals surface area contributed by atoms with Crippen molar-refractivity contribution in [2.24, 2.45) is 0 Å². The van der Waals surface area contributed by atoms with Gasteiger partial charge in [-0.1, -0.05) is 6.07 Å². The molecule has 0 amide bonds. The summed E-state index contributed by atoms with van der Waals surface area (Å²) in [5.74, 6) is 0. The molecule has 0 fully saturated rings. The van der Waals surface area contributed by atoms with Crippen LogP contribution in [-0.4, -0.2) is 9.97 Å². The van der Waals surface area contributed by atoms with Crippen LogP contribution < -0.4 is 5.32 Å². The van der Waals surface area contributed by atoms with Gasteiger partial charge in [0.2, 0.25) is 0 Å². The largest absolute Gasteiger partial charge is 0.303 e. The normalized spacial score (nSPS) is 12.4. The van der Waals surface area contributed by atoms with Gasteiger partial charge in [-0.3, -0.25) is 9.97 Å². The van der Waals surface area contributed by atoms with E-state index in [0.717, 1.165) is 20.3 Å². The zero-order valence-corrected chi connectivity index (χ0v) is 13.1. The number of rotatable bonds is 4. The van der Waals surface area contributed by atoms with Crippen molar-refractivity contribution in [3.05, 3.63) is 57.0 Å². The van der Waals surface area contributed by atoms with E-state index < -0.39 is 0 Å². The van der Waals surface area contributed by atoms with Crippen molar-refractivity contribution in [1.82, 2.24) is 15.3 Å². The summed E-state index contributed by atoms with van der Waals surface area (Å²) in [5, 5.41) is 3.41. The fourth-order valence-corrected chi connectivity index (χ4v) is 2.69. The van der Waals surface area contributed by atoms with Gasteiger partial charge < -0.3 is 5.32 Å². The van der Waals surface area contributed by atoms with E-state index in [9.17, 15) is 0 Å². The lowest BCUT2D eigenvalue weighted by Crippen LogP contribution is -2.19. The first-order chi connectivity index (χ1) is 8.66. The Kier molecular flexibility index (Phi) is 4.86. The molecule has 18 heavy (non-hydrogen) atoms. The monoisotopic (exact) mass is 369 g/mol. The van der Waals surface area contributed by atoms with Crippen LogP contribution in [0.3, 0.4) is 0 Å². The second kappa shape index (κ2) is 6.41. The Labute approximate surface area is 123 Å². The highest BCUT2D eigenvalue weighted by Gasteiger charge is 2.07. The maximum atomic E-state index is 4.37. The van der Waals surface area contributed by atoms with Crippen molar-refractivity contribution < 1.29 is 0 Å². The Morgan fingerprint density at radius 1 is 1.28 bits per heavy atom. The number of halogens is 2. The average molecular weight is 371 g/mol. The Morgan fingerprint density at radius 2 is 2.11 bits per heavy atom. The molecule has 3 nitrogen and oxygen atoms in total. The van der Waals surface area contributed by atoms with Crippen molar-refractivity contribution in [3.8, 4) is 0 Å². The van der Waals surface area contributed by atoms with Crippen molar-refractivity contribution >= 4 is 31.9 Å². The van der Waals surface area contributed by atoms with E-state index in [-0.39, 0.29) is 6.04 Å². The Balaban J connectivity index is 1.99. The lowest BCUT2D eigenvalue weighted by molar-refractivity contribution is 0.554. The van der Waals surface area contributed by atoms with Gasteiger partial charge in [0.15, 0.2) is 0 Å². The smallest absolute Gasteiger partial charge is 0.0684 e. The summed E-state index contributed by atoms with van der Waals surface area (Å²) in [7, 11) is 0. The van der Waals surface area contributed by atoms with Crippen LogP contribution in [-0.2, 0) is 6.54 Å². The second-order valence-electron chi connectivity index (χ2n) is 3.94. The molecule has 0 aliphatic rings. The predicted octanol–water partition coefficient (Wildman–Crippen LogP) is 3.85. The van der Waals surface area contributed by atoms with Crippen molar-refractivity contribution in [2.45, 2.75) is 19.5 Å². The third-order valence-electron chi connectivity index (χ3n) is 2.59. The molecular weight excluding hydrogens is 358 g/mol. The van der Waals surface area contributed by atoms with Gasteiger partial charge in [-0.15, -0.1) is 0 Å². The first-order valence-corrected chi connectivity index (χ1v) is 7.19. The van der Waals surface area contributed by atoms with Gasteiger partial charge in [0, 0.05) is 33.9 Å². The van der Waals surface area contributed by atoms with Crippen molar-refractivity contribution in [3.63, 3.8) is 0 Å². The van der Waals surface area contributed by atoms with Gasteiger partial charge in [-0.2, -0.15) is 0 Å². The SMILES string of the molecule is C[C@H](NCc1ncc(Br)cc1Br)c1ccccn1. The molecular formula is C13H13Br2N3. The number of hydrogen-bond acceptors (Lipinski definition) is 3. The quantitative estimate of drug-likeness (QED) is 0.888. The van der Waals surface area contributed by atoms with Gasteiger partial charge in [0.1, 0.15) is 0 Å². The number of hydrogen-bond donors (Lipinski definition) is 1. The fourth-order valence-electron chi connectivity index (χ4n) is 1.56. The van der Waals surface area contributed by atoms with Gasteiger partial charge in [-0.05, 0) is 57.0 Å². The van der Waals surface area contributed by atoms with E-state index in [1.165, 1.54) is 0 Å². The van der Waals surface area contributed by atoms with E-state index in [4.69, 9.17) is 0 Å². The van der Waals surface area contributed by atoms with Crippen LogP contribution in [0.5, 0.6) is 0 Å². The number of pyridine rings is 2. The highest BCUT2D eigenvalue weighted by atomic mass is 79.9. The molecule has 0 saturated carbocycles. The molecule has 0 aliphatic carbocycles. The summed E-state index contributed by atoms with van der Waals surface area (Å²) < 4.78 is 1.97. The molecule has 2 aromatic heterocycles. The lowest BCUT2D eigenvalue weighted by Gasteiger charge is -2.13. The maximum Gasteiger partial charge on any atom is 0.0684 e. The minimum Gasteiger partial charge on any atom is -0.303 e. The molecule has 0 unspecified atom stereocenters. The molecule has 1 atom stereocenters. The van der Waals surface area contributed by atoms with E-state index >= 15 is 0 Å². The summed E-state index contributed by atoms with van der Waals surface area (Å²) in [6, 6.07) is 8.12. The highest BCUT2D eigenvalue weighted by molar-refractivity contribution is 9.11. The molecule has 2 aromatic rings. The van der Waals surface area contributed by atoms with Crippen LogP contribution in [0.15, 0.2) is 45.6 Å². The minimum absolute atomic E-state index is 0.198. The number of nitrogens with zero attached hydrogens (tertiary/aromatic N) is 2. The van der Waals surface area contributed by atoms with Gasteiger partial charge in [0.05, 0.1) is 11.4 Å². The molecule has 0 radical (unpaired) electrons. The molecule has 0 aromatic carbocycles. The molecule has 0 aliphatic heterocycles. The Morgan fingerprint density at radius 3 is 2.78 bits per heavy atom. The molecule has 2 rings (SSSR count). The zero-order valence-electron chi connectivity index (χ0n) is 9.90. The molecule has 2 heterocycles. The van der Waals surface area contributed by atoms with Gasteiger partial charge >= 0.3 is 0 Å². The summed E-state index contributed by atoms with van der Waals surface area (Å²) in [6.45, 7) is 2.79. The summed E-state index contributed by atoms with van der Waals surface area (Å²) >= 11 is 6.90. The van der Waals surface area contributed by atoms with Crippen LogP contribution in [0.4, 0.5) is 0 Å². The summed E-state index contributed by atoms with van der Waals surface area (Å²) in [4.78, 5) is 8.69. The topological polar surface area (TPSA) is 37.8 Å². The van der Waals surface area contributed by atoms with Crippen LogP contribution in [0.2, 0.25) is 0 Å². The summed E-state index contributed by atoms with van der Waals surface area (Å²) in [5.41, 5.74) is 2.02. The van der Waals surface area contributed by atoms with Crippen molar-refractivity contribution in [2.75, 3.05) is 0 Å². The minimum atomic E-state index is 0.198. The lowest BCUT2D eigenvalue weighted by atomic mass is 10.2. The van der Waals surface area contributed by atoms with Crippen LogP contribution in [0, 0.1) is 0 Å². The number of aromatic nitrogens is 2. The highest BCUT2D eigenvalue weighted by Crippen LogP contribution is 2.20. The number of nitrogens with one attached hydrogen (secondary N) is 1. The predicted molar refractivity (Wildman–Crippen MR) is 79.1 cm³/mol. The fraction of sp³-hybridized carbons (Fsp3) is 0.231. The van der Waals surface area contributed by atoms with Crippen LogP contribution in [0.1, 0.15) is 24.4 Å². The standard InChI is InChI=1S/C13H13Br2N3/c1-9(12-4-2-3-5-16-12)17-8-13-11(15)6-10(14)7-18-13/h2-7,9,17H,8H2,1H3/t9-/m0/s1. The van der Waals surface area contributed by atoms with Crippen LogP contribution >= 0.6 is 31.9 Å². The third-order valence-corrected chi connectivity index (χ3v) is 3.71.